The lowest BCUT2D eigenvalue weighted by Crippen LogP contribution is -2.19. The molecule has 24 heavy (non-hydrogen) atoms. The molecule has 128 valence electrons. The highest BCUT2D eigenvalue weighted by molar-refractivity contribution is 6.09. The number of rotatable bonds is 4. The fraction of sp³-hybridized carbons (Fsp3) is 0.353. The molecular weight excluding hydrogens is 319 g/mol. The molecule has 7 heteroatoms. The molecule has 0 fully saturated rings. The summed E-state index contributed by atoms with van der Waals surface area (Å²) < 4.78 is 47.3. The van der Waals surface area contributed by atoms with Crippen molar-refractivity contribution in [1.82, 2.24) is 14.5 Å². The maximum atomic E-state index is 13.5. The van der Waals surface area contributed by atoms with Crippen molar-refractivity contribution in [2.24, 2.45) is 0 Å². The van der Waals surface area contributed by atoms with Gasteiger partial charge in [0.2, 0.25) is 0 Å². The Bertz CT molecular complexity index is 884. The third kappa shape index (κ3) is 2.80. The minimum Gasteiger partial charge on any atom is -0.497 e. The molecule has 0 aliphatic carbocycles. The predicted molar refractivity (Wildman–Crippen MR) is 87.3 cm³/mol. The molecule has 0 spiro atoms. The average Bonchev–Trinajstić information content (AvgIpc) is 2.84. The number of methoxy groups -OCH3 is 1. The molecule has 0 amide bonds. The Morgan fingerprint density at radius 2 is 1.92 bits per heavy atom. The van der Waals surface area contributed by atoms with Crippen LogP contribution in [0.25, 0.3) is 21.8 Å². The van der Waals surface area contributed by atoms with E-state index in [0.717, 1.165) is 5.39 Å². The third-order valence-corrected chi connectivity index (χ3v) is 4.02. The van der Waals surface area contributed by atoms with Crippen molar-refractivity contribution in [3.63, 3.8) is 0 Å². The fourth-order valence-corrected chi connectivity index (χ4v) is 2.89. The summed E-state index contributed by atoms with van der Waals surface area (Å²) in [4.78, 5) is 5.55. The number of halogens is 3. The second kappa shape index (κ2) is 5.98. The minimum atomic E-state index is -4.51. The van der Waals surface area contributed by atoms with Crippen LogP contribution in [0.5, 0.6) is 5.75 Å². The van der Waals surface area contributed by atoms with Gasteiger partial charge in [-0.05, 0) is 32.3 Å². The van der Waals surface area contributed by atoms with E-state index in [0.29, 0.717) is 29.7 Å². The van der Waals surface area contributed by atoms with E-state index in [4.69, 9.17) is 4.74 Å². The second-order valence-electron chi connectivity index (χ2n) is 5.89. The normalized spacial score (nSPS) is 12.5. The number of pyridine rings is 1. The van der Waals surface area contributed by atoms with Crippen molar-refractivity contribution < 1.29 is 17.9 Å². The van der Waals surface area contributed by atoms with Crippen molar-refractivity contribution in [3.05, 3.63) is 36.2 Å². The molecule has 1 aromatic carbocycles. The van der Waals surface area contributed by atoms with Crippen LogP contribution in [0, 0.1) is 0 Å². The molecule has 2 aromatic heterocycles. The van der Waals surface area contributed by atoms with E-state index in [-0.39, 0.29) is 5.52 Å². The molecule has 0 radical (unpaired) electrons. The molecule has 0 aliphatic rings. The first-order valence-electron chi connectivity index (χ1n) is 7.50. The van der Waals surface area contributed by atoms with Crippen molar-refractivity contribution in [2.75, 3.05) is 27.7 Å². The van der Waals surface area contributed by atoms with Gasteiger partial charge < -0.3 is 14.2 Å². The number of alkyl halides is 3. The minimum absolute atomic E-state index is 0.120. The van der Waals surface area contributed by atoms with Crippen LogP contribution >= 0.6 is 0 Å². The molecule has 0 unspecified atom stereocenters. The lowest BCUT2D eigenvalue weighted by molar-refractivity contribution is -0.140. The van der Waals surface area contributed by atoms with Crippen molar-refractivity contribution in [3.8, 4) is 5.75 Å². The van der Waals surface area contributed by atoms with Crippen LogP contribution in [0.1, 0.15) is 5.69 Å². The van der Waals surface area contributed by atoms with Crippen molar-refractivity contribution >= 4 is 21.8 Å². The van der Waals surface area contributed by atoms with Gasteiger partial charge in [0.15, 0.2) is 5.69 Å². The SMILES string of the molecule is COc1ccc2c3ccnc(C(F)(F)F)c3n(CCN(C)C)c2c1. The first-order chi connectivity index (χ1) is 11.3. The van der Waals surface area contributed by atoms with Gasteiger partial charge in [0.1, 0.15) is 5.75 Å². The van der Waals surface area contributed by atoms with Gasteiger partial charge in [0, 0.05) is 36.1 Å². The van der Waals surface area contributed by atoms with E-state index in [9.17, 15) is 13.2 Å². The van der Waals surface area contributed by atoms with Gasteiger partial charge in [-0.3, -0.25) is 0 Å². The van der Waals surface area contributed by atoms with Crippen molar-refractivity contribution in [1.29, 1.82) is 0 Å². The Morgan fingerprint density at radius 1 is 1.17 bits per heavy atom. The molecular formula is C17H18F3N3O. The van der Waals surface area contributed by atoms with Gasteiger partial charge in [0.05, 0.1) is 18.1 Å². The molecule has 2 heterocycles. The Balaban J connectivity index is 2.37. The smallest absolute Gasteiger partial charge is 0.435 e. The van der Waals surface area contributed by atoms with E-state index in [2.05, 4.69) is 4.98 Å². The number of hydrogen-bond donors (Lipinski definition) is 0. The second-order valence-corrected chi connectivity index (χ2v) is 5.89. The summed E-state index contributed by atoms with van der Waals surface area (Å²) in [6, 6.07) is 6.95. The number of aromatic nitrogens is 2. The monoisotopic (exact) mass is 337 g/mol. The largest absolute Gasteiger partial charge is 0.497 e. The fourth-order valence-electron chi connectivity index (χ4n) is 2.89. The van der Waals surface area contributed by atoms with Crippen LogP contribution < -0.4 is 4.74 Å². The van der Waals surface area contributed by atoms with Crippen LogP contribution in [0.4, 0.5) is 13.2 Å². The summed E-state index contributed by atoms with van der Waals surface area (Å²) in [5.74, 6) is 0.609. The molecule has 4 nitrogen and oxygen atoms in total. The summed E-state index contributed by atoms with van der Waals surface area (Å²) in [7, 11) is 5.31. The molecule has 0 bridgehead atoms. The molecule has 3 aromatic rings. The van der Waals surface area contributed by atoms with Crippen LogP contribution in [-0.2, 0) is 12.7 Å². The number of ether oxygens (including phenoxy) is 1. The highest BCUT2D eigenvalue weighted by Gasteiger charge is 2.36. The zero-order valence-corrected chi connectivity index (χ0v) is 13.7. The Kier molecular flexibility index (Phi) is 4.13. The quantitative estimate of drug-likeness (QED) is 0.726. The van der Waals surface area contributed by atoms with Crippen LogP contribution in [0.2, 0.25) is 0 Å². The summed E-state index contributed by atoms with van der Waals surface area (Å²) in [6.45, 7) is 1.04. The zero-order valence-electron chi connectivity index (χ0n) is 13.7. The van der Waals surface area contributed by atoms with Crippen LogP contribution in [-0.4, -0.2) is 42.2 Å². The van der Waals surface area contributed by atoms with Crippen LogP contribution in [0.15, 0.2) is 30.5 Å². The summed E-state index contributed by atoms with van der Waals surface area (Å²) in [5.41, 5.74) is -0.0197. The lowest BCUT2D eigenvalue weighted by Gasteiger charge is -2.15. The summed E-state index contributed by atoms with van der Waals surface area (Å²) in [6.07, 6.45) is -3.29. The molecule has 3 rings (SSSR count). The third-order valence-electron chi connectivity index (χ3n) is 4.02. The molecule has 0 saturated carbocycles. The standard InChI is InChI=1S/C17H18F3N3O/c1-22(2)8-9-23-14-10-11(24-3)4-5-12(14)13-6-7-21-16(15(13)23)17(18,19)20/h4-7,10H,8-9H2,1-3H3. The van der Waals surface area contributed by atoms with Gasteiger partial charge in [-0.1, -0.05) is 0 Å². The molecule has 0 saturated heterocycles. The van der Waals surface area contributed by atoms with Crippen LogP contribution in [0.3, 0.4) is 0 Å². The summed E-state index contributed by atoms with van der Waals surface area (Å²) in [5, 5.41) is 1.31. The first kappa shape index (κ1) is 16.6. The first-order valence-corrected chi connectivity index (χ1v) is 7.50. The number of hydrogen-bond acceptors (Lipinski definition) is 3. The van der Waals surface area contributed by atoms with Gasteiger partial charge in [-0.2, -0.15) is 13.2 Å². The zero-order chi connectivity index (χ0) is 17.5. The topological polar surface area (TPSA) is 30.3 Å². The molecule has 0 atom stereocenters. The van der Waals surface area contributed by atoms with Gasteiger partial charge in [-0.25, -0.2) is 4.98 Å². The Morgan fingerprint density at radius 3 is 2.54 bits per heavy atom. The van der Waals surface area contributed by atoms with Gasteiger partial charge in [-0.15, -0.1) is 0 Å². The summed E-state index contributed by atoms with van der Waals surface area (Å²) >= 11 is 0. The number of nitrogens with zero attached hydrogens (tertiary/aromatic N) is 3. The van der Waals surface area contributed by atoms with Gasteiger partial charge in [0.25, 0.3) is 0 Å². The highest BCUT2D eigenvalue weighted by atomic mass is 19.4. The highest BCUT2D eigenvalue weighted by Crippen LogP contribution is 2.38. The van der Waals surface area contributed by atoms with Gasteiger partial charge >= 0.3 is 6.18 Å². The molecule has 0 N–H and O–H groups in total. The predicted octanol–water partition coefficient (Wildman–Crippen LogP) is 3.78. The van der Waals surface area contributed by atoms with E-state index in [1.807, 2.05) is 19.0 Å². The maximum absolute atomic E-state index is 13.5. The lowest BCUT2D eigenvalue weighted by atomic mass is 10.1. The Hall–Kier alpha value is -2.28. The average molecular weight is 337 g/mol. The van der Waals surface area contributed by atoms with Crippen molar-refractivity contribution in [2.45, 2.75) is 12.7 Å². The van der Waals surface area contributed by atoms with E-state index in [1.54, 1.807) is 28.8 Å². The number of likely N-dealkylation sites (N-methyl/N-ethyl adjacent to an activating group) is 1. The van der Waals surface area contributed by atoms with E-state index in [1.165, 1.54) is 13.3 Å². The maximum Gasteiger partial charge on any atom is 0.435 e. The van der Waals surface area contributed by atoms with E-state index >= 15 is 0 Å². The number of benzene rings is 1. The Labute approximate surface area is 137 Å². The van der Waals surface area contributed by atoms with E-state index < -0.39 is 11.9 Å². The number of fused-ring (bicyclic) bond motifs is 3. The molecule has 0 aliphatic heterocycles.